The highest BCUT2D eigenvalue weighted by Crippen LogP contribution is 2.19. The lowest BCUT2D eigenvalue weighted by atomic mass is 10.1. The minimum atomic E-state index is -1.77. The summed E-state index contributed by atoms with van der Waals surface area (Å²) in [5, 5.41) is 39.5. The first kappa shape index (κ1) is 40.3. The van der Waals surface area contributed by atoms with E-state index >= 15 is 0 Å². The first-order valence-electron chi connectivity index (χ1n) is 14.3. The summed E-state index contributed by atoms with van der Waals surface area (Å²) >= 11 is 3.88. The fraction of sp³-hybridized carbons (Fsp3) is 0.640. The molecule has 6 amide bonds. The van der Waals surface area contributed by atoms with Gasteiger partial charge in [0.15, 0.2) is 5.96 Å². The summed E-state index contributed by atoms with van der Waals surface area (Å²) in [5.74, 6) is -8.58. The van der Waals surface area contributed by atoms with Gasteiger partial charge in [0.25, 0.3) is 0 Å². The number of rotatable bonds is 20. The van der Waals surface area contributed by atoms with Crippen molar-refractivity contribution in [3.8, 4) is 0 Å². The van der Waals surface area contributed by atoms with Crippen molar-refractivity contribution < 1.29 is 53.7 Å². The highest BCUT2D eigenvalue weighted by Gasteiger charge is 2.39. The number of hydrogen-bond acceptors (Lipinski definition) is 12. The number of aliphatic hydroxyl groups is 1. The van der Waals surface area contributed by atoms with Crippen molar-refractivity contribution in [3.63, 3.8) is 0 Å². The van der Waals surface area contributed by atoms with Crippen LogP contribution in [0.1, 0.15) is 32.1 Å². The molecule has 1 aliphatic rings. The first-order valence-corrected chi connectivity index (χ1v) is 15.0. The van der Waals surface area contributed by atoms with Crippen LogP contribution in [-0.4, -0.2) is 142 Å². The number of hydrogen-bond donors (Lipinski definition) is 12. The third-order valence-corrected chi connectivity index (χ3v) is 7.03. The standard InChI is InChI=1S/C25H42N10O11S/c26-8-17(37)31-12(3-1-5-29-25(27)28)20(41)30-9-18(38)32-13(7-19(39)40)21(42)33-14(10-36)23(44)35-6-2-4-16(35)22(43)34-15(11-47)24(45)46/h12-16,36,47H,1-11,26H2,(H,30,41)(H,31,37)(H,32,38)(H,33,42)(H,34,43)(H,39,40)(H,45,46)(H4,27,28,29). The predicted molar refractivity (Wildman–Crippen MR) is 165 cm³/mol. The molecule has 0 spiro atoms. The molecule has 0 aromatic heterocycles. The Kier molecular flexibility index (Phi) is 17.5. The lowest BCUT2D eigenvalue weighted by Gasteiger charge is -2.29. The third-order valence-electron chi connectivity index (χ3n) is 6.67. The molecular weight excluding hydrogens is 648 g/mol. The fourth-order valence-electron chi connectivity index (χ4n) is 4.36. The number of nitrogens with zero attached hydrogens (tertiary/aromatic N) is 2. The van der Waals surface area contributed by atoms with Crippen molar-refractivity contribution in [2.45, 2.75) is 62.3 Å². The van der Waals surface area contributed by atoms with E-state index in [9.17, 15) is 53.7 Å². The number of aliphatic carboxylic acids is 2. The van der Waals surface area contributed by atoms with Crippen LogP contribution in [0.15, 0.2) is 4.99 Å². The Hall–Kier alpha value is -4.70. The second-order valence-corrected chi connectivity index (χ2v) is 10.6. The van der Waals surface area contributed by atoms with E-state index < -0.39 is 104 Å². The van der Waals surface area contributed by atoms with Crippen molar-refractivity contribution in [2.24, 2.45) is 22.2 Å². The number of thiol groups is 1. The highest BCUT2D eigenvalue weighted by atomic mass is 32.1. The van der Waals surface area contributed by atoms with Crippen LogP contribution in [0.5, 0.6) is 0 Å². The van der Waals surface area contributed by atoms with Gasteiger partial charge in [0, 0.05) is 18.8 Å². The first-order chi connectivity index (χ1) is 22.1. The van der Waals surface area contributed by atoms with Crippen molar-refractivity contribution in [2.75, 3.05) is 38.5 Å². The number of aliphatic imine (C=N–C) groups is 1. The number of nitrogens with one attached hydrogen (secondary N) is 5. The molecule has 14 N–H and O–H groups in total. The minimum absolute atomic E-state index is 0.0396. The molecule has 1 rings (SSSR count). The second kappa shape index (κ2) is 20.4. The van der Waals surface area contributed by atoms with E-state index in [-0.39, 0.29) is 44.1 Å². The Balaban J connectivity index is 2.90. The van der Waals surface area contributed by atoms with Crippen LogP contribution in [0.2, 0.25) is 0 Å². The molecule has 264 valence electrons. The van der Waals surface area contributed by atoms with Crippen LogP contribution in [0.4, 0.5) is 0 Å². The van der Waals surface area contributed by atoms with E-state index in [2.05, 4.69) is 44.2 Å². The maximum atomic E-state index is 13.2. The van der Waals surface area contributed by atoms with E-state index in [0.717, 1.165) is 4.90 Å². The van der Waals surface area contributed by atoms with Gasteiger partial charge in [0.05, 0.1) is 26.1 Å². The Bertz CT molecular complexity index is 1200. The van der Waals surface area contributed by atoms with Gasteiger partial charge in [-0.1, -0.05) is 0 Å². The highest BCUT2D eigenvalue weighted by molar-refractivity contribution is 7.80. The summed E-state index contributed by atoms with van der Waals surface area (Å²) in [5.41, 5.74) is 15.8. The average molecular weight is 691 g/mol. The van der Waals surface area contributed by atoms with Gasteiger partial charge in [-0.15, -0.1) is 0 Å². The Morgan fingerprint density at radius 2 is 1.55 bits per heavy atom. The zero-order valence-electron chi connectivity index (χ0n) is 25.3. The van der Waals surface area contributed by atoms with Gasteiger partial charge in [0.1, 0.15) is 30.2 Å². The van der Waals surface area contributed by atoms with E-state index in [1.54, 1.807) is 0 Å². The molecule has 0 bridgehead atoms. The van der Waals surface area contributed by atoms with Gasteiger partial charge in [-0.25, -0.2) is 4.79 Å². The molecule has 0 saturated carbocycles. The summed E-state index contributed by atoms with van der Waals surface area (Å²) in [6.07, 6.45) is -0.109. The summed E-state index contributed by atoms with van der Waals surface area (Å²) < 4.78 is 0. The van der Waals surface area contributed by atoms with Gasteiger partial charge >= 0.3 is 11.9 Å². The fourth-order valence-corrected chi connectivity index (χ4v) is 4.61. The number of carbonyl (C=O) groups is 8. The average Bonchev–Trinajstić information content (AvgIpc) is 3.51. The smallest absolute Gasteiger partial charge is 0.327 e. The van der Waals surface area contributed by atoms with Gasteiger partial charge in [-0.2, -0.15) is 12.6 Å². The quantitative estimate of drug-likeness (QED) is 0.0245. The summed E-state index contributed by atoms with van der Waals surface area (Å²) in [6.45, 7) is -1.96. The van der Waals surface area contributed by atoms with Crippen molar-refractivity contribution in [3.05, 3.63) is 0 Å². The van der Waals surface area contributed by atoms with Crippen LogP contribution in [-0.2, 0) is 38.4 Å². The summed E-state index contributed by atoms with van der Waals surface area (Å²) in [4.78, 5) is 103. The molecule has 0 aromatic rings. The molecule has 5 unspecified atom stereocenters. The predicted octanol–water partition coefficient (Wildman–Crippen LogP) is -6.47. The maximum absolute atomic E-state index is 13.2. The molecule has 21 nitrogen and oxygen atoms in total. The normalized spacial score (nSPS) is 16.4. The number of carboxylic acids is 2. The molecule has 1 saturated heterocycles. The van der Waals surface area contributed by atoms with Gasteiger partial charge in [-0.05, 0) is 25.7 Å². The molecule has 0 aliphatic carbocycles. The van der Waals surface area contributed by atoms with Crippen molar-refractivity contribution >= 4 is 66.0 Å². The van der Waals surface area contributed by atoms with E-state index in [4.69, 9.17) is 17.2 Å². The number of aliphatic hydroxyl groups excluding tert-OH is 1. The summed E-state index contributed by atoms with van der Waals surface area (Å²) in [6, 6.07) is -7.00. The molecule has 1 fully saturated rings. The number of carboxylic acid groups (broad SMARTS) is 2. The molecule has 0 radical (unpaired) electrons. The molecule has 0 aromatic carbocycles. The SMILES string of the molecule is NCC(=O)NC(CCCN=C(N)N)C(=O)NCC(=O)NC(CC(=O)O)C(=O)NC(CO)C(=O)N1CCCC1C(=O)NC(CS)C(=O)O. The number of guanidine groups is 1. The Morgan fingerprint density at radius 1 is 0.894 bits per heavy atom. The number of likely N-dealkylation sites (tertiary alicyclic amines) is 1. The topological polar surface area (TPSA) is 351 Å². The molecule has 5 atom stereocenters. The Labute approximate surface area is 274 Å². The van der Waals surface area contributed by atoms with Crippen LogP contribution in [0.3, 0.4) is 0 Å². The molecule has 22 heteroatoms. The van der Waals surface area contributed by atoms with E-state index in [1.807, 2.05) is 0 Å². The van der Waals surface area contributed by atoms with Crippen molar-refractivity contribution in [1.82, 2.24) is 31.5 Å². The molecule has 1 aliphatic heterocycles. The minimum Gasteiger partial charge on any atom is -0.481 e. The summed E-state index contributed by atoms with van der Waals surface area (Å²) in [7, 11) is 0. The van der Waals surface area contributed by atoms with E-state index in [1.165, 1.54) is 0 Å². The van der Waals surface area contributed by atoms with E-state index in [0.29, 0.717) is 6.42 Å². The second-order valence-electron chi connectivity index (χ2n) is 10.2. The number of nitrogens with two attached hydrogens (primary N) is 3. The zero-order chi connectivity index (χ0) is 35.7. The largest absolute Gasteiger partial charge is 0.481 e. The maximum Gasteiger partial charge on any atom is 0.327 e. The number of amides is 6. The lowest BCUT2D eigenvalue weighted by Crippen LogP contribution is -2.59. The van der Waals surface area contributed by atoms with Crippen LogP contribution in [0, 0.1) is 0 Å². The number of carbonyl (C=O) groups excluding carboxylic acids is 6. The molecular formula is C25H42N10O11S. The Morgan fingerprint density at radius 3 is 2.11 bits per heavy atom. The van der Waals surface area contributed by atoms with Crippen LogP contribution in [0.25, 0.3) is 0 Å². The van der Waals surface area contributed by atoms with Gasteiger partial charge < -0.3 is 64.0 Å². The van der Waals surface area contributed by atoms with Crippen LogP contribution >= 0.6 is 12.6 Å². The third kappa shape index (κ3) is 14.1. The molecule has 1 heterocycles. The monoisotopic (exact) mass is 690 g/mol. The lowest BCUT2D eigenvalue weighted by molar-refractivity contribution is -0.145. The van der Waals surface area contributed by atoms with Gasteiger partial charge in [0.2, 0.25) is 35.4 Å². The molecule has 47 heavy (non-hydrogen) atoms. The van der Waals surface area contributed by atoms with Gasteiger partial charge in [-0.3, -0.25) is 38.6 Å². The zero-order valence-corrected chi connectivity index (χ0v) is 26.2. The van der Waals surface area contributed by atoms with Crippen molar-refractivity contribution in [1.29, 1.82) is 0 Å². The van der Waals surface area contributed by atoms with Crippen LogP contribution < -0.4 is 43.8 Å².